The molecule has 0 aliphatic carbocycles. The second-order valence-corrected chi connectivity index (χ2v) is 12.4. The molecule has 0 aliphatic rings. The Morgan fingerprint density at radius 3 is 1.86 bits per heavy atom. The first-order valence-electron chi connectivity index (χ1n) is 15.0. The highest BCUT2D eigenvalue weighted by atomic mass is 32.1. The van der Waals surface area contributed by atoms with Crippen LogP contribution in [0.2, 0.25) is 0 Å². The van der Waals surface area contributed by atoms with Crippen molar-refractivity contribution >= 4 is 80.9 Å². The fourth-order valence-corrected chi connectivity index (χ4v) is 8.04. The lowest BCUT2D eigenvalue weighted by Crippen LogP contribution is -2.09. The first-order chi connectivity index (χ1) is 21.8. The van der Waals surface area contributed by atoms with E-state index in [4.69, 9.17) is 0 Å². The Bertz CT molecular complexity index is 2490. The lowest BCUT2D eigenvalue weighted by Gasteiger charge is -2.26. The highest BCUT2D eigenvalue weighted by molar-refractivity contribution is 7.26. The molecule has 0 N–H and O–H groups in total. The van der Waals surface area contributed by atoms with Gasteiger partial charge in [0.05, 0.1) is 10.4 Å². The SMILES string of the molecule is c1ccc(N(c2ccc(-c3cc4ccccc4c4ccccc34)cc2)c2cccc3c2sc2ccc4ccccc4c23)cc1. The van der Waals surface area contributed by atoms with Crippen molar-refractivity contribution in [3.05, 3.63) is 164 Å². The molecule has 0 fully saturated rings. The summed E-state index contributed by atoms with van der Waals surface area (Å²) in [6.07, 6.45) is 0. The quantitative estimate of drug-likeness (QED) is 0.188. The predicted octanol–water partition coefficient (Wildman–Crippen LogP) is 12.7. The number of anilines is 3. The molecule has 9 aromatic rings. The normalized spacial score (nSPS) is 11.6. The third-order valence-electron chi connectivity index (χ3n) is 8.83. The summed E-state index contributed by atoms with van der Waals surface area (Å²) in [4.78, 5) is 2.40. The third-order valence-corrected chi connectivity index (χ3v) is 10.0. The van der Waals surface area contributed by atoms with Crippen LogP contribution in [0.4, 0.5) is 17.1 Å². The van der Waals surface area contributed by atoms with Crippen LogP contribution in [0, 0.1) is 0 Å². The molecule has 0 saturated carbocycles. The molecule has 0 amide bonds. The fraction of sp³-hybridized carbons (Fsp3) is 0. The smallest absolute Gasteiger partial charge is 0.0640 e. The number of rotatable bonds is 4. The average molecular weight is 578 g/mol. The molecule has 206 valence electrons. The highest BCUT2D eigenvalue weighted by Gasteiger charge is 2.19. The van der Waals surface area contributed by atoms with Crippen molar-refractivity contribution in [3.8, 4) is 11.1 Å². The molecule has 1 heterocycles. The van der Waals surface area contributed by atoms with Gasteiger partial charge in [0, 0.05) is 26.8 Å². The fourth-order valence-electron chi connectivity index (χ4n) is 6.82. The van der Waals surface area contributed by atoms with Crippen LogP contribution < -0.4 is 4.90 Å². The summed E-state index contributed by atoms with van der Waals surface area (Å²) in [5, 5.41) is 10.4. The third kappa shape index (κ3) is 3.92. The first-order valence-corrected chi connectivity index (χ1v) is 15.8. The average Bonchev–Trinajstić information content (AvgIpc) is 3.49. The van der Waals surface area contributed by atoms with Crippen molar-refractivity contribution in [2.24, 2.45) is 0 Å². The lowest BCUT2D eigenvalue weighted by molar-refractivity contribution is 1.30. The molecule has 1 nitrogen and oxygen atoms in total. The van der Waals surface area contributed by atoms with Gasteiger partial charge >= 0.3 is 0 Å². The van der Waals surface area contributed by atoms with E-state index in [0.29, 0.717) is 0 Å². The molecule has 0 unspecified atom stereocenters. The Labute approximate surface area is 259 Å². The van der Waals surface area contributed by atoms with E-state index in [2.05, 4.69) is 169 Å². The Morgan fingerprint density at radius 2 is 1.05 bits per heavy atom. The zero-order valence-electron chi connectivity index (χ0n) is 23.9. The number of hydrogen-bond donors (Lipinski definition) is 0. The number of nitrogens with zero attached hydrogens (tertiary/aromatic N) is 1. The number of hydrogen-bond acceptors (Lipinski definition) is 2. The largest absolute Gasteiger partial charge is 0.309 e. The van der Waals surface area contributed by atoms with Crippen LogP contribution in [0.5, 0.6) is 0 Å². The van der Waals surface area contributed by atoms with Gasteiger partial charge in [0.25, 0.3) is 0 Å². The van der Waals surface area contributed by atoms with Crippen LogP contribution in [0.25, 0.3) is 63.6 Å². The van der Waals surface area contributed by atoms with Gasteiger partial charge in [0.1, 0.15) is 0 Å². The van der Waals surface area contributed by atoms with Crippen LogP contribution in [0.15, 0.2) is 164 Å². The molecule has 0 atom stereocenters. The van der Waals surface area contributed by atoms with E-state index in [1.54, 1.807) is 0 Å². The van der Waals surface area contributed by atoms with Gasteiger partial charge in [-0.3, -0.25) is 0 Å². The summed E-state index contributed by atoms with van der Waals surface area (Å²) in [5.74, 6) is 0. The number of fused-ring (bicyclic) bond motifs is 8. The summed E-state index contributed by atoms with van der Waals surface area (Å²) in [6, 6.07) is 59.6. The highest BCUT2D eigenvalue weighted by Crippen LogP contribution is 2.46. The molecular weight excluding hydrogens is 551 g/mol. The zero-order valence-corrected chi connectivity index (χ0v) is 24.8. The monoisotopic (exact) mass is 577 g/mol. The van der Waals surface area contributed by atoms with Gasteiger partial charge in [-0.2, -0.15) is 0 Å². The van der Waals surface area contributed by atoms with Gasteiger partial charge in [-0.15, -0.1) is 11.3 Å². The molecule has 2 heteroatoms. The van der Waals surface area contributed by atoms with Gasteiger partial charge in [0.2, 0.25) is 0 Å². The van der Waals surface area contributed by atoms with E-state index >= 15 is 0 Å². The maximum atomic E-state index is 2.40. The van der Waals surface area contributed by atoms with Gasteiger partial charge in [0.15, 0.2) is 0 Å². The number of para-hydroxylation sites is 1. The Balaban J connectivity index is 1.24. The van der Waals surface area contributed by atoms with Crippen LogP contribution in [0.1, 0.15) is 0 Å². The second-order valence-electron chi connectivity index (χ2n) is 11.3. The minimum Gasteiger partial charge on any atom is -0.309 e. The molecule has 0 spiro atoms. The Morgan fingerprint density at radius 1 is 0.409 bits per heavy atom. The van der Waals surface area contributed by atoms with E-state index in [9.17, 15) is 0 Å². The molecule has 0 aliphatic heterocycles. The standard InChI is InChI=1S/C42H27NS/c1-2-13-31(14-3-1)43(39-20-10-19-37-41-34-16-7-4-11-28(34)23-26-40(41)44-42(37)39)32-24-21-29(22-25-32)38-27-30-12-5-6-15-33(30)35-17-8-9-18-36(35)38/h1-27H. The predicted molar refractivity (Wildman–Crippen MR) is 192 cm³/mol. The number of benzene rings is 8. The van der Waals surface area contributed by atoms with Crippen LogP contribution in [0.3, 0.4) is 0 Å². The molecule has 0 saturated heterocycles. The molecule has 0 radical (unpaired) electrons. The van der Waals surface area contributed by atoms with Gasteiger partial charge in [-0.25, -0.2) is 0 Å². The van der Waals surface area contributed by atoms with Crippen LogP contribution in [-0.4, -0.2) is 0 Å². The van der Waals surface area contributed by atoms with E-state index in [1.165, 1.54) is 69.3 Å². The summed E-state index contributed by atoms with van der Waals surface area (Å²) < 4.78 is 2.62. The molecule has 44 heavy (non-hydrogen) atoms. The summed E-state index contributed by atoms with van der Waals surface area (Å²) >= 11 is 1.88. The Kier molecular flexibility index (Phi) is 5.75. The van der Waals surface area contributed by atoms with Crippen LogP contribution in [-0.2, 0) is 0 Å². The topological polar surface area (TPSA) is 3.24 Å². The maximum absolute atomic E-state index is 2.40. The van der Waals surface area contributed by atoms with E-state index in [-0.39, 0.29) is 0 Å². The first kappa shape index (κ1) is 25.1. The minimum atomic E-state index is 1.14. The maximum Gasteiger partial charge on any atom is 0.0640 e. The number of thiophene rings is 1. The molecule has 1 aromatic heterocycles. The van der Waals surface area contributed by atoms with Crippen molar-refractivity contribution in [2.45, 2.75) is 0 Å². The second kappa shape index (κ2) is 10.1. The van der Waals surface area contributed by atoms with Gasteiger partial charge in [-0.05, 0) is 85.9 Å². The summed E-state index contributed by atoms with van der Waals surface area (Å²) in [7, 11) is 0. The van der Waals surface area contributed by atoms with Crippen molar-refractivity contribution in [1.29, 1.82) is 0 Å². The molecular formula is C42H27NS. The summed E-state index contributed by atoms with van der Waals surface area (Å²) in [5.41, 5.74) is 5.96. The van der Waals surface area contributed by atoms with Gasteiger partial charge in [-0.1, -0.05) is 121 Å². The molecule has 0 bridgehead atoms. The van der Waals surface area contributed by atoms with E-state index in [0.717, 1.165) is 11.4 Å². The van der Waals surface area contributed by atoms with Crippen molar-refractivity contribution in [3.63, 3.8) is 0 Å². The van der Waals surface area contributed by atoms with Crippen molar-refractivity contribution in [2.75, 3.05) is 4.90 Å². The molecule has 8 aromatic carbocycles. The van der Waals surface area contributed by atoms with Crippen molar-refractivity contribution < 1.29 is 0 Å². The van der Waals surface area contributed by atoms with Crippen LogP contribution >= 0.6 is 11.3 Å². The lowest BCUT2D eigenvalue weighted by atomic mass is 9.93. The van der Waals surface area contributed by atoms with E-state index in [1.807, 2.05) is 11.3 Å². The van der Waals surface area contributed by atoms with E-state index < -0.39 is 0 Å². The van der Waals surface area contributed by atoms with Gasteiger partial charge < -0.3 is 4.90 Å². The zero-order chi connectivity index (χ0) is 29.0. The Hall–Kier alpha value is -5.44. The van der Waals surface area contributed by atoms with Crippen molar-refractivity contribution in [1.82, 2.24) is 0 Å². The minimum absolute atomic E-state index is 1.14. The molecule has 9 rings (SSSR count). The summed E-state index contributed by atoms with van der Waals surface area (Å²) in [6.45, 7) is 0.